The summed E-state index contributed by atoms with van der Waals surface area (Å²) in [6, 6.07) is 4.51. The summed E-state index contributed by atoms with van der Waals surface area (Å²) in [5.74, 6) is 1.54. The largest absolute Gasteiger partial charge is 0.493 e. The van der Waals surface area contributed by atoms with Gasteiger partial charge in [0.15, 0.2) is 11.5 Å². The van der Waals surface area contributed by atoms with E-state index < -0.39 is 0 Å². The second kappa shape index (κ2) is 7.55. The van der Waals surface area contributed by atoms with Crippen molar-refractivity contribution in [2.75, 3.05) is 26.1 Å². The zero-order valence-electron chi connectivity index (χ0n) is 13.6. The lowest BCUT2D eigenvalue weighted by Gasteiger charge is -2.31. The summed E-state index contributed by atoms with van der Waals surface area (Å²) in [7, 11) is 3.33. The molecule has 1 fully saturated rings. The summed E-state index contributed by atoms with van der Waals surface area (Å²) in [4.78, 5) is 0. The fraction of sp³-hybridized carbons (Fsp3) is 0.647. The Hall–Kier alpha value is -1.42. The molecule has 0 saturated carbocycles. The van der Waals surface area contributed by atoms with Crippen LogP contribution in [-0.4, -0.2) is 33.0 Å². The third kappa shape index (κ3) is 4.03. The Morgan fingerprint density at radius 1 is 1.24 bits per heavy atom. The summed E-state index contributed by atoms with van der Waals surface area (Å²) in [6.07, 6.45) is 4.83. The normalized spacial score (nSPS) is 21.9. The number of anilines is 1. The van der Waals surface area contributed by atoms with E-state index in [1.54, 1.807) is 14.2 Å². The van der Waals surface area contributed by atoms with E-state index in [-0.39, 0.29) is 0 Å². The maximum atomic E-state index is 5.81. The van der Waals surface area contributed by atoms with Crippen LogP contribution in [0, 0.1) is 6.92 Å². The van der Waals surface area contributed by atoms with Gasteiger partial charge in [-0.3, -0.25) is 0 Å². The van der Waals surface area contributed by atoms with Gasteiger partial charge in [0, 0.05) is 24.4 Å². The molecule has 1 aromatic carbocycles. The highest BCUT2D eigenvalue weighted by Gasteiger charge is 2.22. The van der Waals surface area contributed by atoms with Crippen LogP contribution in [0.1, 0.15) is 38.2 Å². The lowest BCUT2D eigenvalue weighted by molar-refractivity contribution is 0.00597. The molecule has 4 heteroatoms. The first-order chi connectivity index (χ1) is 10.2. The standard InChI is InChI=1S/C17H27NO3/c1-5-6-14-10-13(7-8-21-14)18-15-11-17(20-4)16(19-3)9-12(15)2/h9,11,13-14,18H,5-8,10H2,1-4H3. The minimum atomic E-state index is 0.390. The van der Waals surface area contributed by atoms with E-state index >= 15 is 0 Å². The average Bonchev–Trinajstić information content (AvgIpc) is 2.49. The van der Waals surface area contributed by atoms with Crippen molar-refractivity contribution in [3.8, 4) is 11.5 Å². The van der Waals surface area contributed by atoms with Gasteiger partial charge in [0.05, 0.1) is 20.3 Å². The molecule has 2 rings (SSSR count). The van der Waals surface area contributed by atoms with E-state index in [2.05, 4.69) is 19.2 Å². The molecule has 2 unspecified atom stereocenters. The number of aryl methyl sites for hydroxylation is 1. The van der Waals surface area contributed by atoms with Crippen molar-refractivity contribution >= 4 is 5.69 Å². The zero-order valence-corrected chi connectivity index (χ0v) is 13.6. The van der Waals surface area contributed by atoms with Crippen LogP contribution in [0.25, 0.3) is 0 Å². The van der Waals surface area contributed by atoms with Crippen molar-refractivity contribution in [2.45, 2.75) is 51.7 Å². The highest BCUT2D eigenvalue weighted by molar-refractivity contribution is 5.60. The number of ether oxygens (including phenoxy) is 3. The van der Waals surface area contributed by atoms with Gasteiger partial charge in [0.2, 0.25) is 0 Å². The Morgan fingerprint density at radius 2 is 1.95 bits per heavy atom. The molecule has 0 bridgehead atoms. The van der Waals surface area contributed by atoms with Crippen LogP contribution in [0.5, 0.6) is 11.5 Å². The van der Waals surface area contributed by atoms with Crippen molar-refractivity contribution in [3.05, 3.63) is 17.7 Å². The molecule has 1 saturated heterocycles. The van der Waals surface area contributed by atoms with Crippen molar-refractivity contribution in [1.29, 1.82) is 0 Å². The highest BCUT2D eigenvalue weighted by atomic mass is 16.5. The molecule has 21 heavy (non-hydrogen) atoms. The SMILES string of the molecule is CCCC1CC(Nc2cc(OC)c(OC)cc2C)CCO1. The number of hydrogen-bond acceptors (Lipinski definition) is 4. The Bertz CT molecular complexity index is 460. The smallest absolute Gasteiger partial charge is 0.162 e. The quantitative estimate of drug-likeness (QED) is 0.866. The fourth-order valence-electron chi connectivity index (χ4n) is 2.89. The van der Waals surface area contributed by atoms with Crippen LogP contribution in [0.4, 0.5) is 5.69 Å². The minimum Gasteiger partial charge on any atom is -0.493 e. The summed E-state index contributed by atoms with van der Waals surface area (Å²) >= 11 is 0. The summed E-state index contributed by atoms with van der Waals surface area (Å²) < 4.78 is 16.5. The maximum absolute atomic E-state index is 5.81. The second-order valence-electron chi connectivity index (χ2n) is 5.67. The summed E-state index contributed by atoms with van der Waals surface area (Å²) in [5.41, 5.74) is 2.29. The van der Waals surface area contributed by atoms with Crippen LogP contribution in [0.2, 0.25) is 0 Å². The molecule has 1 aliphatic rings. The Kier molecular flexibility index (Phi) is 5.74. The van der Waals surface area contributed by atoms with Gasteiger partial charge in [-0.05, 0) is 37.8 Å². The van der Waals surface area contributed by atoms with Gasteiger partial charge in [-0.15, -0.1) is 0 Å². The molecule has 0 spiro atoms. The van der Waals surface area contributed by atoms with Gasteiger partial charge >= 0.3 is 0 Å². The van der Waals surface area contributed by atoms with Gasteiger partial charge in [0.25, 0.3) is 0 Å². The first kappa shape index (κ1) is 16.0. The Balaban J connectivity index is 2.08. The molecular formula is C17H27NO3. The third-order valence-corrected chi connectivity index (χ3v) is 4.07. The average molecular weight is 293 g/mol. The monoisotopic (exact) mass is 293 g/mol. The fourth-order valence-corrected chi connectivity index (χ4v) is 2.89. The number of benzene rings is 1. The molecule has 0 aliphatic carbocycles. The van der Waals surface area contributed by atoms with Crippen molar-refractivity contribution in [3.63, 3.8) is 0 Å². The molecule has 1 N–H and O–H groups in total. The first-order valence-electron chi connectivity index (χ1n) is 7.78. The molecule has 1 heterocycles. The van der Waals surface area contributed by atoms with Crippen LogP contribution >= 0.6 is 0 Å². The number of nitrogens with one attached hydrogen (secondary N) is 1. The Morgan fingerprint density at radius 3 is 2.62 bits per heavy atom. The van der Waals surface area contributed by atoms with Crippen molar-refractivity contribution in [2.24, 2.45) is 0 Å². The van der Waals surface area contributed by atoms with Crippen LogP contribution in [0.15, 0.2) is 12.1 Å². The van der Waals surface area contributed by atoms with Crippen molar-refractivity contribution < 1.29 is 14.2 Å². The Labute approximate surface area is 127 Å². The van der Waals surface area contributed by atoms with Gasteiger partial charge in [-0.25, -0.2) is 0 Å². The maximum Gasteiger partial charge on any atom is 0.162 e. The number of methoxy groups -OCH3 is 2. The van der Waals surface area contributed by atoms with Gasteiger partial charge in [0.1, 0.15) is 0 Å². The van der Waals surface area contributed by atoms with E-state index in [1.807, 2.05) is 12.1 Å². The van der Waals surface area contributed by atoms with Gasteiger partial charge in [-0.2, -0.15) is 0 Å². The molecule has 118 valence electrons. The van der Waals surface area contributed by atoms with Gasteiger partial charge in [-0.1, -0.05) is 13.3 Å². The molecule has 0 amide bonds. The van der Waals surface area contributed by atoms with Gasteiger partial charge < -0.3 is 19.5 Å². The minimum absolute atomic E-state index is 0.390. The van der Waals surface area contributed by atoms with Crippen LogP contribution in [-0.2, 0) is 4.74 Å². The first-order valence-corrected chi connectivity index (χ1v) is 7.78. The summed E-state index contributed by atoms with van der Waals surface area (Å²) in [5, 5.41) is 3.65. The lowest BCUT2D eigenvalue weighted by atomic mass is 9.99. The topological polar surface area (TPSA) is 39.7 Å². The number of hydrogen-bond donors (Lipinski definition) is 1. The zero-order chi connectivity index (χ0) is 15.2. The molecule has 1 aliphatic heterocycles. The van der Waals surface area contributed by atoms with Crippen molar-refractivity contribution in [1.82, 2.24) is 0 Å². The molecule has 0 aromatic heterocycles. The van der Waals surface area contributed by atoms with Crippen LogP contribution < -0.4 is 14.8 Å². The predicted octanol–water partition coefficient (Wildman–Crippen LogP) is 3.77. The molecule has 0 radical (unpaired) electrons. The highest BCUT2D eigenvalue weighted by Crippen LogP contribution is 2.34. The van der Waals surface area contributed by atoms with E-state index in [0.29, 0.717) is 12.1 Å². The van der Waals surface area contributed by atoms with E-state index in [9.17, 15) is 0 Å². The van der Waals surface area contributed by atoms with E-state index in [1.165, 1.54) is 12.0 Å². The molecule has 4 nitrogen and oxygen atoms in total. The second-order valence-corrected chi connectivity index (χ2v) is 5.67. The third-order valence-electron chi connectivity index (χ3n) is 4.07. The predicted molar refractivity (Wildman–Crippen MR) is 85.6 cm³/mol. The molecule has 2 atom stereocenters. The lowest BCUT2D eigenvalue weighted by Crippen LogP contribution is -2.34. The van der Waals surface area contributed by atoms with E-state index in [0.717, 1.165) is 43.1 Å². The van der Waals surface area contributed by atoms with E-state index in [4.69, 9.17) is 14.2 Å². The molecular weight excluding hydrogens is 266 g/mol. The van der Waals surface area contributed by atoms with Crippen LogP contribution in [0.3, 0.4) is 0 Å². The number of rotatable bonds is 6. The molecule has 1 aromatic rings. The summed E-state index contributed by atoms with van der Waals surface area (Å²) in [6.45, 7) is 5.14.